The fourth-order valence-electron chi connectivity index (χ4n) is 4.09. The van der Waals surface area contributed by atoms with Crippen LogP contribution in [0.15, 0.2) is 36.8 Å². The third kappa shape index (κ3) is 8.49. The van der Waals surface area contributed by atoms with Crippen molar-refractivity contribution in [1.29, 1.82) is 0 Å². The molecule has 1 saturated heterocycles. The molecule has 15 heteroatoms. The summed E-state index contributed by atoms with van der Waals surface area (Å²) in [5.74, 6) is 1.05. The normalized spacial score (nSPS) is 14.2. The molecule has 0 spiro atoms. The van der Waals surface area contributed by atoms with Crippen molar-refractivity contribution in [3.8, 4) is 5.75 Å². The molecule has 3 heterocycles. The van der Waals surface area contributed by atoms with E-state index in [0.717, 1.165) is 11.0 Å². The largest absolute Gasteiger partial charge is 0.489 e. The number of carbonyl (C=O) groups is 1. The number of nitrogens with one attached hydrogen (secondary N) is 2. The fraction of sp³-hybridized carbons (Fsp3) is 0.458. The lowest BCUT2D eigenvalue weighted by atomic mass is 10.1. The number of benzene rings is 1. The molecule has 2 aromatic heterocycles. The van der Waals surface area contributed by atoms with Crippen molar-refractivity contribution >= 4 is 52.6 Å². The van der Waals surface area contributed by atoms with Gasteiger partial charge < -0.3 is 34.7 Å². The zero-order chi connectivity index (χ0) is 27.1. The van der Waals surface area contributed by atoms with Gasteiger partial charge in [-0.15, -0.1) is 12.4 Å². The number of carbonyl (C=O) groups excluding carboxylic acids is 1. The van der Waals surface area contributed by atoms with E-state index in [1.54, 1.807) is 18.2 Å². The van der Waals surface area contributed by atoms with Gasteiger partial charge in [-0.25, -0.2) is 14.8 Å². The van der Waals surface area contributed by atoms with Crippen LogP contribution in [-0.4, -0.2) is 82.3 Å². The van der Waals surface area contributed by atoms with Gasteiger partial charge in [0.25, 0.3) is 0 Å². The minimum absolute atomic E-state index is 0. The third-order valence-electron chi connectivity index (χ3n) is 5.92. The summed E-state index contributed by atoms with van der Waals surface area (Å²) in [7, 11) is 0. The Bertz CT molecular complexity index is 1240. The number of rotatable bonds is 10. The smallest absolute Gasteiger partial charge is 0.405 e. The van der Waals surface area contributed by atoms with Gasteiger partial charge in [-0.05, 0) is 24.3 Å². The van der Waals surface area contributed by atoms with Crippen molar-refractivity contribution in [2.24, 2.45) is 0 Å². The summed E-state index contributed by atoms with van der Waals surface area (Å²) < 4.78 is 50.3. The van der Waals surface area contributed by atoms with Crippen LogP contribution in [0.1, 0.15) is 12.8 Å². The molecule has 2 amide bonds. The lowest BCUT2D eigenvalue weighted by Crippen LogP contribution is -2.48. The first kappa shape index (κ1) is 30.5. The van der Waals surface area contributed by atoms with Crippen LogP contribution >= 0.6 is 24.0 Å². The predicted octanol–water partition coefficient (Wildman–Crippen LogP) is 4.37. The molecule has 4 rings (SSSR count). The molecule has 0 radical (unpaired) electrons. The third-order valence-corrected chi connectivity index (χ3v) is 6.22. The van der Waals surface area contributed by atoms with Gasteiger partial charge in [0.05, 0.1) is 30.4 Å². The summed E-state index contributed by atoms with van der Waals surface area (Å²) in [5, 5.41) is 14.4. The van der Waals surface area contributed by atoms with Gasteiger partial charge in [0.1, 0.15) is 30.2 Å². The standard InChI is InChI=1S/C24H28ClF3N6O4.ClH/c25-18-13-16(32-22-21-19(30-15-31-22)5-8-33(21)9-11-37-12-10-35)1-2-20(18)38-17-3-6-34(7-4-17)23(36)29-14-24(26,27)28;/h1-2,5,8,13,15,17,35H,3-4,6-7,9-12,14H2,(H,29,36)(H,30,31,32);1H. The molecule has 1 fully saturated rings. The molecule has 0 saturated carbocycles. The maximum absolute atomic E-state index is 12.3. The number of urea groups is 1. The number of fused-ring (bicyclic) bond motifs is 1. The molecule has 1 aliphatic rings. The zero-order valence-corrected chi connectivity index (χ0v) is 22.4. The first-order valence-corrected chi connectivity index (χ1v) is 12.4. The van der Waals surface area contributed by atoms with E-state index in [9.17, 15) is 18.0 Å². The zero-order valence-electron chi connectivity index (χ0n) is 20.8. The van der Waals surface area contributed by atoms with Gasteiger partial charge in [-0.1, -0.05) is 11.6 Å². The van der Waals surface area contributed by atoms with Gasteiger partial charge in [-0.3, -0.25) is 0 Å². The summed E-state index contributed by atoms with van der Waals surface area (Å²) in [4.78, 5) is 22.0. The van der Waals surface area contributed by atoms with E-state index in [1.165, 1.54) is 11.2 Å². The van der Waals surface area contributed by atoms with E-state index in [2.05, 4.69) is 15.3 Å². The number of piperidine rings is 1. The molecule has 3 aromatic rings. The molecule has 0 bridgehead atoms. The van der Waals surface area contributed by atoms with Crippen LogP contribution in [0.3, 0.4) is 0 Å². The van der Waals surface area contributed by atoms with Crippen LogP contribution in [0.5, 0.6) is 5.75 Å². The molecule has 10 nitrogen and oxygen atoms in total. The highest BCUT2D eigenvalue weighted by Crippen LogP contribution is 2.32. The number of alkyl halides is 3. The van der Waals surface area contributed by atoms with Gasteiger partial charge in [0.15, 0.2) is 5.82 Å². The molecule has 39 heavy (non-hydrogen) atoms. The highest BCUT2D eigenvalue weighted by atomic mass is 35.5. The second-order valence-corrected chi connectivity index (χ2v) is 9.06. The van der Waals surface area contributed by atoms with Crippen molar-refractivity contribution in [3.05, 3.63) is 41.8 Å². The van der Waals surface area contributed by atoms with E-state index in [0.29, 0.717) is 48.3 Å². The maximum Gasteiger partial charge on any atom is 0.405 e. The average Bonchev–Trinajstić information content (AvgIpc) is 3.31. The molecular weight excluding hydrogens is 564 g/mol. The number of nitrogens with zero attached hydrogens (tertiary/aromatic N) is 4. The molecule has 1 aromatic carbocycles. The minimum atomic E-state index is -4.45. The first-order chi connectivity index (χ1) is 18.2. The van der Waals surface area contributed by atoms with Crippen LogP contribution in [-0.2, 0) is 11.3 Å². The van der Waals surface area contributed by atoms with E-state index >= 15 is 0 Å². The predicted molar refractivity (Wildman–Crippen MR) is 142 cm³/mol. The van der Waals surface area contributed by atoms with Crippen LogP contribution in [0, 0.1) is 0 Å². The van der Waals surface area contributed by atoms with Gasteiger partial charge in [0.2, 0.25) is 0 Å². The Kier molecular flexibility index (Phi) is 10.9. The number of aliphatic hydroxyl groups is 1. The van der Waals surface area contributed by atoms with Crippen molar-refractivity contribution in [1.82, 2.24) is 24.8 Å². The quantitative estimate of drug-likeness (QED) is 0.299. The summed E-state index contributed by atoms with van der Waals surface area (Å²) in [6.07, 6.45) is -0.389. The van der Waals surface area contributed by atoms with E-state index < -0.39 is 18.8 Å². The Morgan fingerprint density at radius 2 is 1.95 bits per heavy atom. The summed E-state index contributed by atoms with van der Waals surface area (Å²) in [5.41, 5.74) is 2.24. The van der Waals surface area contributed by atoms with E-state index in [4.69, 9.17) is 26.2 Å². The van der Waals surface area contributed by atoms with Crippen LogP contribution < -0.4 is 15.4 Å². The van der Waals surface area contributed by atoms with Crippen molar-refractivity contribution in [3.63, 3.8) is 0 Å². The number of hydrogen-bond acceptors (Lipinski definition) is 7. The molecule has 0 atom stereocenters. The van der Waals surface area contributed by atoms with E-state index in [1.807, 2.05) is 22.1 Å². The monoisotopic (exact) mass is 592 g/mol. The van der Waals surface area contributed by atoms with Crippen LogP contribution in [0.25, 0.3) is 11.0 Å². The van der Waals surface area contributed by atoms with Crippen LogP contribution in [0.2, 0.25) is 5.02 Å². The Hall–Kier alpha value is -3.00. The highest BCUT2D eigenvalue weighted by molar-refractivity contribution is 6.32. The van der Waals surface area contributed by atoms with Crippen molar-refractivity contribution in [2.75, 3.05) is 44.8 Å². The first-order valence-electron chi connectivity index (χ1n) is 12.0. The Morgan fingerprint density at radius 3 is 2.64 bits per heavy atom. The number of halogens is 5. The van der Waals surface area contributed by atoms with Gasteiger partial charge in [-0.2, -0.15) is 13.2 Å². The molecule has 0 aliphatic carbocycles. The summed E-state index contributed by atoms with van der Waals surface area (Å²) in [6.45, 7) is 0.411. The minimum Gasteiger partial charge on any atom is -0.489 e. The lowest BCUT2D eigenvalue weighted by Gasteiger charge is -2.32. The number of hydrogen-bond donors (Lipinski definition) is 3. The van der Waals surface area contributed by atoms with Gasteiger partial charge in [0, 0.05) is 44.4 Å². The maximum atomic E-state index is 12.3. The second kappa shape index (κ2) is 13.9. The van der Waals surface area contributed by atoms with Crippen LogP contribution in [0.4, 0.5) is 29.5 Å². The van der Waals surface area contributed by atoms with Gasteiger partial charge >= 0.3 is 12.2 Å². The SMILES string of the molecule is Cl.O=C(NCC(F)(F)F)N1CCC(Oc2ccc(Nc3ncnc4ccn(CCOCCO)c34)cc2Cl)CC1. The van der Waals surface area contributed by atoms with Crippen molar-refractivity contribution in [2.45, 2.75) is 31.7 Å². The molecule has 214 valence electrons. The Labute approximate surface area is 233 Å². The fourth-order valence-corrected chi connectivity index (χ4v) is 4.32. The molecule has 0 unspecified atom stereocenters. The Morgan fingerprint density at radius 1 is 1.18 bits per heavy atom. The van der Waals surface area contributed by atoms with E-state index in [-0.39, 0.29) is 44.8 Å². The summed E-state index contributed by atoms with van der Waals surface area (Å²) in [6, 6.07) is 6.38. The highest BCUT2D eigenvalue weighted by Gasteiger charge is 2.30. The number of amides is 2. The number of aliphatic hydroxyl groups excluding tert-OH is 1. The second-order valence-electron chi connectivity index (χ2n) is 8.65. The lowest BCUT2D eigenvalue weighted by molar-refractivity contribution is -0.123. The average molecular weight is 593 g/mol. The molecular formula is C24H29Cl2F3N6O4. The molecule has 3 N–H and O–H groups in total. The summed E-state index contributed by atoms with van der Waals surface area (Å²) >= 11 is 6.48. The topological polar surface area (TPSA) is 114 Å². The number of likely N-dealkylation sites (tertiary alicyclic amines) is 1. The Balaban J connectivity index is 0.00000420. The number of ether oxygens (including phenoxy) is 2. The number of anilines is 2. The number of aromatic nitrogens is 3. The van der Waals surface area contributed by atoms with Crippen molar-refractivity contribution < 1.29 is 32.5 Å². The molecule has 1 aliphatic heterocycles.